The molecule has 3 heteroatoms. The Bertz CT molecular complexity index is 508. The first kappa shape index (κ1) is 18.1. The first-order valence-electron chi connectivity index (χ1n) is 7.82. The maximum atomic E-state index is 11.5. The van der Waals surface area contributed by atoms with Gasteiger partial charge in [-0.3, -0.25) is 4.79 Å². The van der Waals surface area contributed by atoms with Crippen LogP contribution in [-0.4, -0.2) is 19.7 Å². The van der Waals surface area contributed by atoms with Gasteiger partial charge in [0.1, 0.15) is 5.75 Å². The van der Waals surface area contributed by atoms with Crippen LogP contribution in [0, 0.1) is 17.8 Å². The Kier molecular flexibility index (Phi) is 8.14. The summed E-state index contributed by atoms with van der Waals surface area (Å²) in [6.45, 7) is 6.92. The van der Waals surface area contributed by atoms with Crippen molar-refractivity contribution >= 4 is 5.97 Å². The molecule has 0 aliphatic heterocycles. The highest BCUT2D eigenvalue weighted by atomic mass is 16.5. The van der Waals surface area contributed by atoms with Gasteiger partial charge in [-0.15, -0.1) is 5.92 Å². The Hall–Kier alpha value is -1.95. The first-order valence-corrected chi connectivity index (χ1v) is 7.82. The highest BCUT2D eigenvalue weighted by Crippen LogP contribution is 2.23. The Morgan fingerprint density at radius 2 is 1.95 bits per heavy atom. The number of methoxy groups -OCH3 is 1. The third-order valence-corrected chi connectivity index (χ3v) is 3.78. The molecule has 2 unspecified atom stereocenters. The third kappa shape index (κ3) is 6.22. The predicted molar refractivity (Wildman–Crippen MR) is 88.8 cm³/mol. The lowest BCUT2D eigenvalue weighted by molar-refractivity contribution is -0.140. The second-order valence-electron chi connectivity index (χ2n) is 5.45. The van der Waals surface area contributed by atoms with Gasteiger partial charge in [-0.2, -0.15) is 0 Å². The van der Waals surface area contributed by atoms with E-state index in [0.29, 0.717) is 5.92 Å². The zero-order chi connectivity index (χ0) is 16.4. The molecule has 0 bridgehead atoms. The average molecular weight is 302 g/mol. The minimum atomic E-state index is -0.248. The van der Waals surface area contributed by atoms with E-state index >= 15 is 0 Å². The summed E-state index contributed by atoms with van der Waals surface area (Å²) in [6, 6.07) is 7.81. The Morgan fingerprint density at radius 3 is 2.50 bits per heavy atom. The molecule has 0 aromatic heterocycles. The van der Waals surface area contributed by atoms with E-state index in [4.69, 9.17) is 9.47 Å². The Morgan fingerprint density at radius 1 is 1.27 bits per heavy atom. The van der Waals surface area contributed by atoms with Gasteiger partial charge in [-0.05, 0) is 37.0 Å². The molecule has 1 aromatic carbocycles. The summed E-state index contributed by atoms with van der Waals surface area (Å²) in [5.41, 5.74) is 1.01. The fraction of sp³-hybridized carbons (Fsp3) is 0.526. The van der Waals surface area contributed by atoms with Crippen LogP contribution in [0.25, 0.3) is 0 Å². The molecule has 2 atom stereocenters. The maximum absolute atomic E-state index is 11.5. The summed E-state index contributed by atoms with van der Waals surface area (Å²) in [6.07, 6.45) is 2.50. The van der Waals surface area contributed by atoms with Gasteiger partial charge in [0.2, 0.25) is 0 Å². The zero-order valence-corrected chi connectivity index (χ0v) is 14.0. The van der Waals surface area contributed by atoms with Crippen molar-refractivity contribution in [2.75, 3.05) is 13.7 Å². The molecule has 0 amide bonds. The molecule has 0 saturated carbocycles. The molecular weight excluding hydrogens is 276 g/mol. The van der Waals surface area contributed by atoms with Gasteiger partial charge < -0.3 is 9.47 Å². The lowest BCUT2D eigenvalue weighted by Crippen LogP contribution is -2.07. The van der Waals surface area contributed by atoms with Crippen LogP contribution in [0.2, 0.25) is 0 Å². The van der Waals surface area contributed by atoms with Crippen molar-refractivity contribution in [3.63, 3.8) is 0 Å². The minimum absolute atomic E-state index is 0.133. The van der Waals surface area contributed by atoms with Crippen molar-refractivity contribution in [2.24, 2.45) is 5.92 Å². The monoisotopic (exact) mass is 302 g/mol. The van der Waals surface area contributed by atoms with Gasteiger partial charge in [0, 0.05) is 0 Å². The van der Waals surface area contributed by atoms with Crippen LogP contribution in [0.3, 0.4) is 0 Å². The van der Waals surface area contributed by atoms with Crippen molar-refractivity contribution < 1.29 is 14.3 Å². The summed E-state index contributed by atoms with van der Waals surface area (Å²) < 4.78 is 10.5. The maximum Gasteiger partial charge on any atom is 0.307 e. The minimum Gasteiger partial charge on any atom is -0.494 e. The Labute approximate surface area is 134 Å². The lowest BCUT2D eigenvalue weighted by atomic mass is 9.96. The number of carbonyl (C=O) groups excluding carboxylic acids is 1. The quantitative estimate of drug-likeness (QED) is 0.534. The highest BCUT2D eigenvalue weighted by Gasteiger charge is 2.14. The van der Waals surface area contributed by atoms with Crippen LogP contribution in [0.4, 0.5) is 0 Å². The molecule has 0 fully saturated rings. The van der Waals surface area contributed by atoms with E-state index in [1.54, 1.807) is 6.92 Å². The molecule has 0 aliphatic carbocycles. The van der Waals surface area contributed by atoms with Crippen molar-refractivity contribution in [3.05, 3.63) is 29.8 Å². The lowest BCUT2D eigenvalue weighted by Gasteiger charge is -2.12. The van der Waals surface area contributed by atoms with Crippen LogP contribution in [0.5, 0.6) is 5.75 Å². The molecular formula is C19H26O3. The van der Waals surface area contributed by atoms with Crippen LogP contribution in [0.15, 0.2) is 24.3 Å². The van der Waals surface area contributed by atoms with E-state index in [0.717, 1.165) is 24.3 Å². The first-order chi connectivity index (χ1) is 10.6. The van der Waals surface area contributed by atoms with Crippen molar-refractivity contribution in [2.45, 2.75) is 46.0 Å². The number of ether oxygens (including phenoxy) is 2. The highest BCUT2D eigenvalue weighted by molar-refractivity contribution is 5.71. The van der Waals surface area contributed by atoms with Crippen LogP contribution in [-0.2, 0) is 9.53 Å². The van der Waals surface area contributed by atoms with Crippen LogP contribution < -0.4 is 4.74 Å². The summed E-state index contributed by atoms with van der Waals surface area (Å²) in [5, 5.41) is 0. The number of esters is 1. The third-order valence-electron chi connectivity index (χ3n) is 3.78. The van der Waals surface area contributed by atoms with Gasteiger partial charge in [-0.1, -0.05) is 38.3 Å². The van der Waals surface area contributed by atoms with Gasteiger partial charge in [0.15, 0.2) is 0 Å². The molecule has 0 aliphatic rings. The summed E-state index contributed by atoms with van der Waals surface area (Å²) in [4.78, 5) is 11.5. The number of benzene rings is 1. The van der Waals surface area contributed by atoms with E-state index in [9.17, 15) is 4.79 Å². The summed E-state index contributed by atoms with van der Waals surface area (Å²) in [7, 11) is 1.40. The summed E-state index contributed by atoms with van der Waals surface area (Å²) >= 11 is 0. The summed E-state index contributed by atoms with van der Waals surface area (Å²) in [5.74, 6) is 7.09. The van der Waals surface area contributed by atoms with Crippen LogP contribution >= 0.6 is 0 Å². The van der Waals surface area contributed by atoms with Gasteiger partial charge in [0.25, 0.3) is 0 Å². The van der Waals surface area contributed by atoms with E-state index in [1.165, 1.54) is 13.5 Å². The van der Waals surface area contributed by atoms with Crippen molar-refractivity contribution in [1.29, 1.82) is 0 Å². The molecule has 0 saturated heterocycles. The van der Waals surface area contributed by atoms with Gasteiger partial charge in [0.05, 0.1) is 26.1 Å². The fourth-order valence-corrected chi connectivity index (χ4v) is 2.05. The molecule has 3 nitrogen and oxygen atoms in total. The van der Waals surface area contributed by atoms with Crippen molar-refractivity contribution in [1.82, 2.24) is 0 Å². The molecule has 1 rings (SSSR count). The van der Waals surface area contributed by atoms with E-state index in [2.05, 4.69) is 25.7 Å². The number of hydrogen-bond donors (Lipinski definition) is 0. The fourth-order valence-electron chi connectivity index (χ4n) is 2.05. The topological polar surface area (TPSA) is 35.5 Å². The zero-order valence-electron chi connectivity index (χ0n) is 14.0. The molecule has 0 heterocycles. The predicted octanol–water partition coefficient (Wildman–Crippen LogP) is 4.17. The molecule has 1 aromatic rings. The number of carbonyl (C=O) groups is 1. The second kappa shape index (κ2) is 9.89. The van der Waals surface area contributed by atoms with E-state index < -0.39 is 0 Å². The largest absolute Gasteiger partial charge is 0.494 e. The SMILES string of the molecule is CC#CC(CC(=O)OC)c1ccc(OCCC(C)CC)cc1. The average Bonchev–Trinajstić information content (AvgIpc) is 2.54. The van der Waals surface area contributed by atoms with Gasteiger partial charge >= 0.3 is 5.97 Å². The smallest absolute Gasteiger partial charge is 0.307 e. The number of hydrogen-bond acceptors (Lipinski definition) is 3. The molecule has 0 radical (unpaired) electrons. The van der Waals surface area contributed by atoms with Crippen molar-refractivity contribution in [3.8, 4) is 17.6 Å². The van der Waals surface area contributed by atoms with Crippen LogP contribution in [0.1, 0.15) is 51.5 Å². The van der Waals surface area contributed by atoms with E-state index in [1.807, 2.05) is 24.3 Å². The molecule has 120 valence electrons. The number of rotatable bonds is 8. The molecule has 22 heavy (non-hydrogen) atoms. The molecule has 0 N–H and O–H groups in total. The van der Waals surface area contributed by atoms with E-state index in [-0.39, 0.29) is 18.3 Å². The molecule has 0 spiro atoms. The van der Waals surface area contributed by atoms with Gasteiger partial charge in [-0.25, -0.2) is 0 Å². The normalized spacial score (nSPS) is 12.7. The standard InChI is InChI=1S/C19H26O3/c1-5-7-17(14-19(20)21-4)16-8-10-18(11-9-16)22-13-12-15(3)6-2/h8-11,15,17H,6,12-14H2,1-4H3. The Balaban J connectivity index is 2.64. The second-order valence-corrected chi connectivity index (χ2v) is 5.45.